The highest BCUT2D eigenvalue weighted by Gasteiger charge is 2.30. The summed E-state index contributed by atoms with van der Waals surface area (Å²) in [6, 6.07) is 14.2. The lowest BCUT2D eigenvalue weighted by Gasteiger charge is -2.18. The van der Waals surface area contributed by atoms with Crippen molar-refractivity contribution >= 4 is 21.4 Å². The van der Waals surface area contributed by atoms with Crippen LogP contribution in [0.5, 0.6) is 0 Å². The van der Waals surface area contributed by atoms with Crippen LogP contribution in [0.25, 0.3) is 0 Å². The number of rotatable bonds is 8. The molecule has 0 saturated carbocycles. The molecule has 2 aromatic rings. The summed E-state index contributed by atoms with van der Waals surface area (Å²) in [6.07, 6.45) is 0.799. The Morgan fingerprint density at radius 2 is 1.70 bits per heavy atom. The Hall–Kier alpha value is -2.74. The van der Waals surface area contributed by atoms with E-state index in [9.17, 15) is 23.3 Å². The number of amides is 1. The topological polar surface area (TPSA) is 106 Å². The number of nitrogens with one attached hydrogen (secondary N) is 1. The molecule has 2 rings (SSSR count). The molecule has 8 heteroatoms. The second-order valence-corrected chi connectivity index (χ2v) is 8.47. The van der Waals surface area contributed by atoms with Gasteiger partial charge in [0.25, 0.3) is 5.69 Å². The van der Waals surface area contributed by atoms with Gasteiger partial charge in [-0.25, -0.2) is 8.42 Å². The quantitative estimate of drug-likeness (QED) is 0.551. The predicted molar refractivity (Wildman–Crippen MR) is 102 cm³/mol. The van der Waals surface area contributed by atoms with Gasteiger partial charge in [-0.3, -0.25) is 14.9 Å². The van der Waals surface area contributed by atoms with Gasteiger partial charge in [-0.1, -0.05) is 37.3 Å². The van der Waals surface area contributed by atoms with Gasteiger partial charge in [0.05, 0.1) is 9.82 Å². The van der Waals surface area contributed by atoms with Gasteiger partial charge in [-0.2, -0.15) is 0 Å². The van der Waals surface area contributed by atoms with Gasteiger partial charge < -0.3 is 5.32 Å². The van der Waals surface area contributed by atoms with Crippen LogP contribution < -0.4 is 5.32 Å². The van der Waals surface area contributed by atoms with Crippen LogP contribution in [0.3, 0.4) is 0 Å². The standard InChI is InChI=1S/C19H22N2O5S/c1-3-15(16-7-5-4-6-8-16)13-20-19(22)14(2)27(25,26)18-11-9-17(10-12-18)21(23)24/h4-12,14-15H,3,13H2,1-2H3,(H,20,22)/t14-,15+/m1/s1. The van der Waals surface area contributed by atoms with Crippen molar-refractivity contribution in [1.29, 1.82) is 0 Å². The summed E-state index contributed by atoms with van der Waals surface area (Å²) in [7, 11) is -3.93. The molecule has 27 heavy (non-hydrogen) atoms. The minimum atomic E-state index is -3.93. The van der Waals surface area contributed by atoms with E-state index in [4.69, 9.17) is 0 Å². The van der Waals surface area contributed by atoms with E-state index in [2.05, 4.69) is 5.32 Å². The van der Waals surface area contributed by atoms with Gasteiger partial charge in [-0.15, -0.1) is 0 Å². The average molecular weight is 390 g/mol. The highest BCUT2D eigenvalue weighted by atomic mass is 32.2. The molecule has 0 aliphatic carbocycles. The molecule has 1 amide bonds. The SMILES string of the molecule is CC[C@@H](CNC(=O)[C@@H](C)S(=O)(=O)c1ccc([N+](=O)[O-])cc1)c1ccccc1. The van der Waals surface area contributed by atoms with Crippen molar-refractivity contribution in [3.63, 3.8) is 0 Å². The number of hydrogen-bond donors (Lipinski definition) is 1. The Labute approximate surface area is 158 Å². The summed E-state index contributed by atoms with van der Waals surface area (Å²) in [5.41, 5.74) is 0.867. The van der Waals surface area contributed by atoms with E-state index < -0.39 is 25.9 Å². The molecule has 2 aromatic carbocycles. The maximum atomic E-state index is 12.6. The predicted octanol–water partition coefficient (Wildman–Crippen LogP) is 3.07. The van der Waals surface area contributed by atoms with Crippen molar-refractivity contribution in [2.75, 3.05) is 6.54 Å². The molecule has 2 atom stereocenters. The Kier molecular flexibility index (Phi) is 6.68. The summed E-state index contributed by atoms with van der Waals surface area (Å²) in [4.78, 5) is 22.4. The molecule has 0 aliphatic rings. The number of benzene rings is 2. The lowest BCUT2D eigenvalue weighted by atomic mass is 9.96. The van der Waals surface area contributed by atoms with E-state index in [1.54, 1.807) is 0 Å². The minimum absolute atomic E-state index is 0.0874. The number of sulfone groups is 1. The van der Waals surface area contributed by atoms with Crippen LogP contribution in [0, 0.1) is 10.1 Å². The summed E-state index contributed by atoms with van der Waals surface area (Å²) in [5.74, 6) is -0.507. The van der Waals surface area contributed by atoms with Gasteiger partial charge >= 0.3 is 0 Å². The summed E-state index contributed by atoms with van der Waals surface area (Å²) in [5, 5.41) is 12.1. The first-order valence-electron chi connectivity index (χ1n) is 8.58. The molecule has 1 N–H and O–H groups in total. The molecule has 0 unspecified atom stereocenters. The largest absolute Gasteiger partial charge is 0.354 e. The minimum Gasteiger partial charge on any atom is -0.354 e. The van der Waals surface area contributed by atoms with Gasteiger partial charge in [0.1, 0.15) is 5.25 Å². The number of nitro benzene ring substituents is 1. The fourth-order valence-electron chi connectivity index (χ4n) is 2.69. The van der Waals surface area contributed by atoms with Crippen LogP contribution in [0.15, 0.2) is 59.5 Å². The summed E-state index contributed by atoms with van der Waals surface area (Å²) < 4.78 is 25.2. The van der Waals surface area contributed by atoms with Gasteiger partial charge in [0.15, 0.2) is 9.84 Å². The van der Waals surface area contributed by atoms with Crippen LogP contribution in [-0.2, 0) is 14.6 Å². The van der Waals surface area contributed by atoms with E-state index in [0.717, 1.165) is 36.2 Å². The Morgan fingerprint density at radius 1 is 1.11 bits per heavy atom. The van der Waals surface area contributed by atoms with Crippen LogP contribution in [0.2, 0.25) is 0 Å². The maximum absolute atomic E-state index is 12.6. The van der Waals surface area contributed by atoms with Crippen LogP contribution in [0.4, 0.5) is 5.69 Å². The number of carbonyl (C=O) groups is 1. The Morgan fingerprint density at radius 3 is 2.22 bits per heavy atom. The third kappa shape index (κ3) is 4.91. The van der Waals surface area contributed by atoms with Crippen molar-refractivity contribution in [2.45, 2.75) is 36.3 Å². The second kappa shape index (κ2) is 8.77. The molecule has 144 valence electrons. The first-order chi connectivity index (χ1) is 12.8. The molecule has 0 aliphatic heterocycles. The average Bonchev–Trinajstić information content (AvgIpc) is 2.68. The molecule has 0 saturated heterocycles. The first-order valence-corrected chi connectivity index (χ1v) is 10.1. The van der Waals surface area contributed by atoms with E-state index in [1.165, 1.54) is 6.92 Å². The highest BCUT2D eigenvalue weighted by Crippen LogP contribution is 2.21. The Balaban J connectivity index is 2.07. The summed E-state index contributed by atoms with van der Waals surface area (Å²) in [6.45, 7) is 3.65. The number of nitro groups is 1. The van der Waals surface area contributed by atoms with E-state index in [0.29, 0.717) is 6.54 Å². The smallest absolute Gasteiger partial charge is 0.269 e. The van der Waals surface area contributed by atoms with E-state index >= 15 is 0 Å². The van der Waals surface area contributed by atoms with Gasteiger partial charge in [0, 0.05) is 24.6 Å². The molecule has 0 spiro atoms. The van der Waals surface area contributed by atoms with Gasteiger partial charge in [-0.05, 0) is 31.0 Å². The molecular weight excluding hydrogens is 368 g/mol. The fourth-order valence-corrected chi connectivity index (χ4v) is 3.98. The zero-order chi connectivity index (χ0) is 20.0. The zero-order valence-electron chi connectivity index (χ0n) is 15.2. The third-order valence-corrected chi connectivity index (χ3v) is 6.57. The number of carbonyl (C=O) groups excluding carboxylic acids is 1. The molecule has 0 heterocycles. The lowest BCUT2D eigenvalue weighted by molar-refractivity contribution is -0.384. The summed E-state index contributed by atoms with van der Waals surface area (Å²) >= 11 is 0. The van der Waals surface area contributed by atoms with Crippen molar-refractivity contribution in [3.05, 3.63) is 70.3 Å². The molecule has 7 nitrogen and oxygen atoms in total. The third-order valence-electron chi connectivity index (χ3n) is 4.50. The highest BCUT2D eigenvalue weighted by molar-refractivity contribution is 7.92. The fraction of sp³-hybridized carbons (Fsp3) is 0.316. The monoisotopic (exact) mass is 390 g/mol. The van der Waals surface area contributed by atoms with Crippen molar-refractivity contribution in [1.82, 2.24) is 5.32 Å². The van der Waals surface area contributed by atoms with Crippen LogP contribution in [-0.4, -0.2) is 31.0 Å². The normalized spacial score (nSPS) is 13.6. The second-order valence-electron chi connectivity index (χ2n) is 6.20. The van der Waals surface area contributed by atoms with Gasteiger partial charge in [0.2, 0.25) is 5.91 Å². The molecule has 0 aromatic heterocycles. The maximum Gasteiger partial charge on any atom is 0.269 e. The van der Waals surface area contributed by atoms with Crippen molar-refractivity contribution < 1.29 is 18.1 Å². The van der Waals surface area contributed by atoms with E-state index in [1.807, 2.05) is 37.3 Å². The number of non-ortho nitro benzene ring substituents is 1. The van der Waals surface area contributed by atoms with Crippen LogP contribution >= 0.6 is 0 Å². The number of nitrogens with zero attached hydrogens (tertiary/aromatic N) is 1. The molecule has 0 fully saturated rings. The molecular formula is C19H22N2O5S. The van der Waals surface area contributed by atoms with Crippen molar-refractivity contribution in [3.8, 4) is 0 Å². The zero-order valence-corrected chi connectivity index (χ0v) is 16.0. The van der Waals surface area contributed by atoms with E-state index in [-0.39, 0.29) is 16.5 Å². The van der Waals surface area contributed by atoms with Crippen molar-refractivity contribution in [2.24, 2.45) is 0 Å². The Bertz CT molecular complexity index is 895. The molecule has 0 radical (unpaired) electrons. The first kappa shape index (κ1) is 20.6. The number of hydrogen-bond acceptors (Lipinski definition) is 5. The lowest BCUT2D eigenvalue weighted by Crippen LogP contribution is -2.39. The molecule has 0 bridgehead atoms. The van der Waals surface area contributed by atoms with Crippen LogP contribution in [0.1, 0.15) is 31.7 Å².